The highest BCUT2D eigenvalue weighted by Crippen LogP contribution is 2.44. The van der Waals surface area contributed by atoms with Crippen LogP contribution in [0.5, 0.6) is 0 Å². The van der Waals surface area contributed by atoms with E-state index < -0.39 is 0 Å². The first-order valence-electron chi connectivity index (χ1n) is 17.8. The predicted molar refractivity (Wildman–Crippen MR) is 220 cm³/mol. The molecule has 52 heavy (non-hydrogen) atoms. The summed E-state index contributed by atoms with van der Waals surface area (Å²) in [6, 6.07) is 71.7. The Morgan fingerprint density at radius 3 is 1.67 bits per heavy atom. The molecule has 0 N–H and O–H groups in total. The summed E-state index contributed by atoms with van der Waals surface area (Å²) in [5, 5.41) is 8.62. The number of benzene rings is 9. The lowest BCUT2D eigenvalue weighted by Crippen LogP contribution is -2.11. The maximum atomic E-state index is 6.46. The van der Waals surface area contributed by atoms with Gasteiger partial charge in [0.15, 0.2) is 0 Å². The van der Waals surface area contributed by atoms with Crippen molar-refractivity contribution in [3.8, 4) is 33.6 Å². The summed E-state index contributed by atoms with van der Waals surface area (Å²) in [6.07, 6.45) is 0. The smallest absolute Gasteiger partial charge is 0.137 e. The molecule has 0 saturated carbocycles. The van der Waals surface area contributed by atoms with Crippen LogP contribution in [0.15, 0.2) is 205 Å². The molecular weight excluding hydrogens is 631 g/mol. The van der Waals surface area contributed by atoms with Gasteiger partial charge in [0.1, 0.15) is 11.3 Å². The summed E-state index contributed by atoms with van der Waals surface area (Å²) in [7, 11) is 0. The average Bonchev–Trinajstić information content (AvgIpc) is 3.66. The van der Waals surface area contributed by atoms with Gasteiger partial charge in [-0.2, -0.15) is 0 Å². The minimum absolute atomic E-state index is 0.842. The molecule has 0 radical (unpaired) electrons. The fourth-order valence-corrected chi connectivity index (χ4v) is 7.67. The summed E-state index contributed by atoms with van der Waals surface area (Å²) < 4.78 is 6.46. The second-order valence-corrected chi connectivity index (χ2v) is 13.3. The van der Waals surface area contributed by atoms with Gasteiger partial charge >= 0.3 is 0 Å². The highest BCUT2D eigenvalue weighted by molar-refractivity contribution is 6.13. The summed E-state index contributed by atoms with van der Waals surface area (Å²) >= 11 is 0. The van der Waals surface area contributed by atoms with Crippen LogP contribution in [0.1, 0.15) is 0 Å². The van der Waals surface area contributed by atoms with E-state index in [2.05, 4.69) is 193 Å². The summed E-state index contributed by atoms with van der Waals surface area (Å²) in [5.74, 6) is 0.842. The zero-order valence-corrected chi connectivity index (χ0v) is 28.4. The van der Waals surface area contributed by atoms with Gasteiger partial charge in [0.2, 0.25) is 0 Å². The van der Waals surface area contributed by atoms with Crippen LogP contribution in [0.4, 0.5) is 17.1 Å². The Bertz CT molecular complexity index is 2870. The molecule has 0 saturated heterocycles. The molecule has 0 aliphatic rings. The van der Waals surface area contributed by atoms with Gasteiger partial charge < -0.3 is 9.32 Å². The number of hydrogen-bond donors (Lipinski definition) is 0. The van der Waals surface area contributed by atoms with Gasteiger partial charge in [-0.3, -0.25) is 0 Å². The van der Waals surface area contributed by atoms with Crippen LogP contribution in [-0.2, 0) is 0 Å². The van der Waals surface area contributed by atoms with E-state index in [4.69, 9.17) is 4.42 Å². The molecule has 2 nitrogen and oxygen atoms in total. The quantitative estimate of drug-likeness (QED) is 0.165. The molecule has 0 fully saturated rings. The molecule has 0 aliphatic heterocycles. The molecule has 10 rings (SSSR count). The van der Waals surface area contributed by atoms with Crippen LogP contribution >= 0.6 is 0 Å². The molecule has 0 atom stereocenters. The van der Waals surface area contributed by atoms with E-state index in [-0.39, 0.29) is 0 Å². The van der Waals surface area contributed by atoms with Crippen molar-refractivity contribution in [3.05, 3.63) is 200 Å². The first-order chi connectivity index (χ1) is 25.8. The third kappa shape index (κ3) is 5.21. The zero-order valence-electron chi connectivity index (χ0n) is 28.4. The van der Waals surface area contributed by atoms with Crippen molar-refractivity contribution in [3.63, 3.8) is 0 Å². The number of furan rings is 1. The molecule has 10 aromatic rings. The predicted octanol–water partition coefficient (Wildman–Crippen LogP) is 14.4. The van der Waals surface area contributed by atoms with E-state index in [1.54, 1.807) is 0 Å². The van der Waals surface area contributed by atoms with Gasteiger partial charge in [0.25, 0.3) is 0 Å². The van der Waals surface area contributed by atoms with Crippen LogP contribution in [0.3, 0.4) is 0 Å². The fraction of sp³-hybridized carbons (Fsp3) is 0. The Labute approximate surface area is 302 Å². The molecule has 1 aromatic heterocycles. The number of nitrogens with zero attached hydrogens (tertiary/aromatic N) is 1. The molecule has 0 amide bonds. The Kier molecular flexibility index (Phi) is 7.18. The van der Waals surface area contributed by atoms with Gasteiger partial charge in [-0.05, 0) is 115 Å². The monoisotopic (exact) mass is 663 g/mol. The lowest BCUT2D eigenvalue weighted by molar-refractivity contribution is 0.631. The van der Waals surface area contributed by atoms with E-state index in [0.717, 1.165) is 39.4 Å². The number of fused-ring (bicyclic) bond motifs is 5. The van der Waals surface area contributed by atoms with E-state index in [9.17, 15) is 0 Å². The normalized spacial score (nSPS) is 11.5. The van der Waals surface area contributed by atoms with Crippen molar-refractivity contribution in [1.29, 1.82) is 0 Å². The zero-order chi connectivity index (χ0) is 34.4. The van der Waals surface area contributed by atoms with Crippen LogP contribution in [0.25, 0.3) is 76.9 Å². The minimum atomic E-state index is 0.842. The van der Waals surface area contributed by atoms with Crippen LogP contribution in [-0.4, -0.2) is 0 Å². The van der Waals surface area contributed by atoms with Crippen molar-refractivity contribution < 1.29 is 4.42 Å². The topological polar surface area (TPSA) is 16.4 Å². The van der Waals surface area contributed by atoms with Crippen molar-refractivity contribution >= 4 is 60.3 Å². The first-order valence-corrected chi connectivity index (χ1v) is 17.8. The summed E-state index contributed by atoms with van der Waals surface area (Å²) in [5.41, 5.74) is 9.88. The van der Waals surface area contributed by atoms with Gasteiger partial charge in [0.05, 0.1) is 5.69 Å². The van der Waals surface area contributed by atoms with Crippen molar-refractivity contribution in [2.24, 2.45) is 0 Å². The Balaban J connectivity index is 1.11. The number of hydrogen-bond acceptors (Lipinski definition) is 2. The molecule has 2 heteroatoms. The Morgan fingerprint density at radius 1 is 0.327 bits per heavy atom. The maximum Gasteiger partial charge on any atom is 0.137 e. The van der Waals surface area contributed by atoms with Gasteiger partial charge in [0, 0.05) is 22.3 Å². The lowest BCUT2D eigenvalue weighted by Gasteiger charge is -2.27. The van der Waals surface area contributed by atoms with Crippen LogP contribution < -0.4 is 4.90 Å². The van der Waals surface area contributed by atoms with Gasteiger partial charge in [-0.25, -0.2) is 0 Å². The lowest BCUT2D eigenvalue weighted by atomic mass is 9.93. The second kappa shape index (κ2) is 12.5. The number of para-hydroxylation sites is 2. The second-order valence-electron chi connectivity index (χ2n) is 13.3. The Hall–Kier alpha value is -6.90. The van der Waals surface area contributed by atoms with Crippen molar-refractivity contribution in [2.75, 3.05) is 4.90 Å². The molecule has 0 spiro atoms. The largest absolute Gasteiger partial charge is 0.456 e. The molecule has 0 aliphatic carbocycles. The average molecular weight is 664 g/mol. The van der Waals surface area contributed by atoms with E-state index in [0.29, 0.717) is 0 Å². The molecule has 0 bridgehead atoms. The van der Waals surface area contributed by atoms with E-state index >= 15 is 0 Å². The summed E-state index contributed by atoms with van der Waals surface area (Å²) in [6.45, 7) is 0. The van der Waals surface area contributed by atoms with E-state index in [1.165, 1.54) is 54.6 Å². The minimum Gasteiger partial charge on any atom is -0.456 e. The summed E-state index contributed by atoms with van der Waals surface area (Å²) in [4.78, 5) is 2.34. The van der Waals surface area contributed by atoms with Gasteiger partial charge in [-0.15, -0.1) is 0 Å². The SMILES string of the molecule is c1ccc(N(c2ccc(-c3ccc4ccccc4c3)cc2)c2ccc(-c3cc4ccccc4c4ccccc34)cc2)c(-c2cc3ccccc3o2)c1. The first kappa shape index (κ1) is 30.0. The molecule has 244 valence electrons. The third-order valence-electron chi connectivity index (χ3n) is 10.2. The molecule has 9 aromatic carbocycles. The standard InChI is InChI=1S/C50H33NO/c1-2-12-37-31-38(22-21-34(37)11-1)35-23-27-41(28-24-35)51(48-19-9-8-18-46(48)50-33-40-14-4-10-20-49(40)52-50)42-29-25-36(26-30-42)47-32-39-13-3-5-15-43(39)44-16-6-7-17-45(44)47/h1-33H. The molecular formula is C50H33NO. The maximum absolute atomic E-state index is 6.46. The molecule has 1 heterocycles. The highest BCUT2D eigenvalue weighted by Gasteiger charge is 2.20. The van der Waals surface area contributed by atoms with E-state index in [1.807, 2.05) is 12.1 Å². The highest BCUT2D eigenvalue weighted by atomic mass is 16.3. The fourth-order valence-electron chi connectivity index (χ4n) is 7.67. The third-order valence-corrected chi connectivity index (χ3v) is 10.2. The Morgan fingerprint density at radius 2 is 0.904 bits per heavy atom. The van der Waals surface area contributed by atoms with Crippen molar-refractivity contribution in [2.45, 2.75) is 0 Å². The van der Waals surface area contributed by atoms with Gasteiger partial charge in [-0.1, -0.05) is 140 Å². The number of rotatable bonds is 6. The van der Waals surface area contributed by atoms with Crippen molar-refractivity contribution in [1.82, 2.24) is 0 Å². The van der Waals surface area contributed by atoms with Crippen LogP contribution in [0, 0.1) is 0 Å². The molecule has 0 unspecified atom stereocenters. The number of anilines is 3. The van der Waals surface area contributed by atoms with Crippen LogP contribution in [0.2, 0.25) is 0 Å².